The van der Waals surface area contributed by atoms with Gasteiger partial charge in [0, 0.05) is 32.1 Å². The van der Waals surface area contributed by atoms with Crippen LogP contribution in [0.5, 0.6) is 0 Å². The standard InChI is InChI=1S/C12H23NO3/c1-2-3-6-15-7-4-5-13-12(14)8-11-9-16-10-11/h11H,2-10H2,1H3,(H,13,14). The summed E-state index contributed by atoms with van der Waals surface area (Å²) in [6, 6.07) is 0. The SMILES string of the molecule is CCCCOCCCNC(=O)CC1COC1. The number of ether oxygens (including phenoxy) is 2. The molecule has 0 aromatic carbocycles. The monoisotopic (exact) mass is 229 g/mol. The first kappa shape index (κ1) is 13.5. The Bertz CT molecular complexity index is 193. The Hall–Kier alpha value is -0.610. The third-order valence-corrected chi connectivity index (χ3v) is 2.61. The van der Waals surface area contributed by atoms with E-state index in [0.717, 1.165) is 45.8 Å². The molecule has 1 aliphatic heterocycles. The minimum Gasteiger partial charge on any atom is -0.381 e. The number of hydrogen-bond acceptors (Lipinski definition) is 3. The van der Waals surface area contributed by atoms with Crippen molar-refractivity contribution in [3.63, 3.8) is 0 Å². The maximum absolute atomic E-state index is 11.4. The van der Waals surface area contributed by atoms with Crippen molar-refractivity contribution in [3.8, 4) is 0 Å². The van der Waals surface area contributed by atoms with Crippen LogP contribution in [0.25, 0.3) is 0 Å². The fraction of sp³-hybridized carbons (Fsp3) is 0.917. The third-order valence-electron chi connectivity index (χ3n) is 2.61. The number of amides is 1. The van der Waals surface area contributed by atoms with Crippen LogP contribution in [0.1, 0.15) is 32.6 Å². The largest absolute Gasteiger partial charge is 0.381 e. The molecule has 0 spiro atoms. The summed E-state index contributed by atoms with van der Waals surface area (Å²) in [5.74, 6) is 0.586. The Kier molecular flexibility index (Phi) is 7.17. The van der Waals surface area contributed by atoms with Crippen LogP contribution in [0.3, 0.4) is 0 Å². The summed E-state index contributed by atoms with van der Waals surface area (Å²) < 4.78 is 10.4. The van der Waals surface area contributed by atoms with Crippen LogP contribution >= 0.6 is 0 Å². The van der Waals surface area contributed by atoms with Crippen LogP contribution in [0, 0.1) is 5.92 Å². The van der Waals surface area contributed by atoms with Gasteiger partial charge < -0.3 is 14.8 Å². The van der Waals surface area contributed by atoms with Gasteiger partial charge in [-0.2, -0.15) is 0 Å². The molecule has 0 aliphatic carbocycles. The van der Waals surface area contributed by atoms with E-state index in [1.807, 2.05) is 0 Å². The average molecular weight is 229 g/mol. The van der Waals surface area contributed by atoms with Crippen molar-refractivity contribution in [2.45, 2.75) is 32.6 Å². The first-order valence-corrected chi connectivity index (χ1v) is 6.25. The highest BCUT2D eigenvalue weighted by molar-refractivity contribution is 5.76. The highest BCUT2D eigenvalue weighted by Gasteiger charge is 2.21. The Morgan fingerprint density at radius 3 is 2.75 bits per heavy atom. The van der Waals surface area contributed by atoms with Crippen LogP contribution in [-0.2, 0) is 14.3 Å². The lowest BCUT2D eigenvalue weighted by Crippen LogP contribution is -2.34. The Morgan fingerprint density at radius 1 is 1.38 bits per heavy atom. The summed E-state index contributed by atoms with van der Waals surface area (Å²) in [6.07, 6.45) is 3.79. The van der Waals surface area contributed by atoms with Crippen molar-refractivity contribution >= 4 is 5.91 Å². The molecule has 1 fully saturated rings. The second kappa shape index (κ2) is 8.53. The second-order valence-electron chi connectivity index (χ2n) is 4.28. The Labute approximate surface area is 97.7 Å². The Morgan fingerprint density at radius 2 is 2.12 bits per heavy atom. The van der Waals surface area contributed by atoms with Crippen molar-refractivity contribution in [1.82, 2.24) is 5.32 Å². The van der Waals surface area contributed by atoms with Crippen molar-refractivity contribution in [2.24, 2.45) is 5.92 Å². The molecule has 0 atom stereocenters. The van der Waals surface area contributed by atoms with Crippen LogP contribution < -0.4 is 5.32 Å². The molecule has 0 unspecified atom stereocenters. The van der Waals surface area contributed by atoms with E-state index in [9.17, 15) is 4.79 Å². The molecule has 94 valence electrons. The molecular formula is C12H23NO3. The van der Waals surface area contributed by atoms with E-state index in [1.54, 1.807) is 0 Å². The molecule has 0 bridgehead atoms. The van der Waals surface area contributed by atoms with Crippen molar-refractivity contribution in [1.29, 1.82) is 0 Å². The van der Waals surface area contributed by atoms with Gasteiger partial charge in [0.1, 0.15) is 0 Å². The van der Waals surface area contributed by atoms with Gasteiger partial charge in [-0.15, -0.1) is 0 Å². The first-order valence-electron chi connectivity index (χ1n) is 6.25. The molecule has 1 aliphatic rings. The highest BCUT2D eigenvalue weighted by atomic mass is 16.5. The van der Waals surface area contributed by atoms with E-state index in [2.05, 4.69) is 12.2 Å². The smallest absolute Gasteiger partial charge is 0.220 e. The minimum absolute atomic E-state index is 0.141. The number of hydrogen-bond donors (Lipinski definition) is 1. The normalized spacial score (nSPS) is 15.8. The summed E-state index contributed by atoms with van der Waals surface area (Å²) in [5.41, 5.74) is 0. The maximum Gasteiger partial charge on any atom is 0.220 e. The maximum atomic E-state index is 11.4. The molecule has 1 heterocycles. The lowest BCUT2D eigenvalue weighted by atomic mass is 10.0. The van der Waals surface area contributed by atoms with E-state index in [-0.39, 0.29) is 5.91 Å². The summed E-state index contributed by atoms with van der Waals surface area (Å²) in [7, 11) is 0. The van der Waals surface area contributed by atoms with Gasteiger partial charge in [0.2, 0.25) is 5.91 Å². The van der Waals surface area contributed by atoms with Crippen molar-refractivity contribution in [2.75, 3.05) is 33.0 Å². The zero-order valence-electron chi connectivity index (χ0n) is 10.2. The molecule has 0 radical (unpaired) electrons. The third kappa shape index (κ3) is 6.08. The van der Waals surface area contributed by atoms with Crippen LogP contribution in [0.15, 0.2) is 0 Å². The molecular weight excluding hydrogens is 206 g/mol. The van der Waals surface area contributed by atoms with Gasteiger partial charge in [-0.3, -0.25) is 4.79 Å². The highest BCUT2D eigenvalue weighted by Crippen LogP contribution is 2.13. The van der Waals surface area contributed by atoms with Gasteiger partial charge >= 0.3 is 0 Å². The summed E-state index contributed by atoms with van der Waals surface area (Å²) in [6.45, 7) is 5.93. The van der Waals surface area contributed by atoms with Gasteiger partial charge in [0.05, 0.1) is 13.2 Å². The average Bonchev–Trinajstić information content (AvgIpc) is 2.22. The molecule has 1 amide bonds. The second-order valence-corrected chi connectivity index (χ2v) is 4.28. The van der Waals surface area contributed by atoms with Crippen molar-refractivity contribution < 1.29 is 14.3 Å². The van der Waals surface area contributed by atoms with Gasteiger partial charge in [-0.05, 0) is 12.8 Å². The number of nitrogens with one attached hydrogen (secondary N) is 1. The van der Waals surface area contributed by atoms with Gasteiger partial charge in [0.25, 0.3) is 0 Å². The fourth-order valence-corrected chi connectivity index (χ4v) is 1.49. The molecule has 4 nitrogen and oxygen atoms in total. The number of unbranched alkanes of at least 4 members (excludes halogenated alkanes) is 1. The number of carbonyl (C=O) groups is 1. The van der Waals surface area contributed by atoms with Crippen LogP contribution in [0.4, 0.5) is 0 Å². The molecule has 0 saturated carbocycles. The van der Waals surface area contributed by atoms with E-state index in [4.69, 9.17) is 9.47 Å². The quantitative estimate of drug-likeness (QED) is 0.607. The fourth-order valence-electron chi connectivity index (χ4n) is 1.49. The van der Waals surface area contributed by atoms with E-state index < -0.39 is 0 Å². The molecule has 1 N–H and O–H groups in total. The van der Waals surface area contributed by atoms with Gasteiger partial charge in [0.15, 0.2) is 0 Å². The van der Waals surface area contributed by atoms with E-state index >= 15 is 0 Å². The van der Waals surface area contributed by atoms with Gasteiger partial charge in [-0.25, -0.2) is 0 Å². The topological polar surface area (TPSA) is 47.6 Å². The molecule has 4 heteroatoms. The zero-order chi connectivity index (χ0) is 11.6. The van der Waals surface area contributed by atoms with Crippen molar-refractivity contribution in [3.05, 3.63) is 0 Å². The van der Waals surface area contributed by atoms with Gasteiger partial charge in [-0.1, -0.05) is 13.3 Å². The van der Waals surface area contributed by atoms with E-state index in [0.29, 0.717) is 12.3 Å². The zero-order valence-corrected chi connectivity index (χ0v) is 10.2. The molecule has 16 heavy (non-hydrogen) atoms. The van der Waals surface area contributed by atoms with Crippen LogP contribution in [0.2, 0.25) is 0 Å². The molecule has 0 aromatic rings. The first-order chi connectivity index (χ1) is 7.83. The lowest BCUT2D eigenvalue weighted by molar-refractivity contribution is -0.126. The Balaban J connectivity index is 1.80. The predicted molar refractivity (Wildman–Crippen MR) is 62.3 cm³/mol. The number of carbonyl (C=O) groups excluding carboxylic acids is 1. The summed E-state index contributed by atoms with van der Waals surface area (Å²) in [5, 5.41) is 2.90. The molecule has 1 rings (SSSR count). The molecule has 0 aromatic heterocycles. The molecule has 1 saturated heterocycles. The number of rotatable bonds is 9. The lowest BCUT2D eigenvalue weighted by Gasteiger charge is -2.25. The van der Waals surface area contributed by atoms with E-state index in [1.165, 1.54) is 6.42 Å². The minimum atomic E-state index is 0.141. The predicted octanol–water partition coefficient (Wildman–Crippen LogP) is 1.35. The summed E-state index contributed by atoms with van der Waals surface area (Å²) in [4.78, 5) is 11.4. The van der Waals surface area contributed by atoms with Crippen LogP contribution in [-0.4, -0.2) is 38.9 Å². The summed E-state index contributed by atoms with van der Waals surface area (Å²) >= 11 is 0.